The van der Waals surface area contributed by atoms with Crippen LogP contribution in [0.3, 0.4) is 0 Å². The third kappa shape index (κ3) is 4.42. The first-order valence-corrected chi connectivity index (χ1v) is 11.4. The van der Waals surface area contributed by atoms with Crippen LogP contribution in [0.4, 0.5) is 4.39 Å². The lowest BCUT2D eigenvalue weighted by molar-refractivity contribution is 0.309. The van der Waals surface area contributed by atoms with Crippen molar-refractivity contribution in [1.82, 2.24) is 14.6 Å². The number of thiazole rings is 1. The van der Waals surface area contributed by atoms with Gasteiger partial charge in [-0.3, -0.25) is 4.79 Å². The van der Waals surface area contributed by atoms with Crippen LogP contribution in [0.5, 0.6) is 5.75 Å². The van der Waals surface area contributed by atoms with Crippen LogP contribution in [-0.2, 0) is 0 Å². The van der Waals surface area contributed by atoms with Crippen molar-refractivity contribution in [2.75, 3.05) is 6.61 Å². The van der Waals surface area contributed by atoms with Gasteiger partial charge in [0.2, 0.25) is 4.96 Å². The quantitative estimate of drug-likeness (QED) is 0.321. The number of nitrogens with zero attached hydrogens (tertiary/aromatic N) is 3. The molecule has 0 N–H and O–H groups in total. The summed E-state index contributed by atoms with van der Waals surface area (Å²) in [7, 11) is 0. The van der Waals surface area contributed by atoms with Crippen LogP contribution in [-0.4, -0.2) is 21.2 Å². The highest BCUT2D eigenvalue weighted by molar-refractivity contribution is 7.15. The van der Waals surface area contributed by atoms with Crippen molar-refractivity contribution >= 4 is 22.4 Å². The predicted molar refractivity (Wildman–Crippen MR) is 126 cm³/mol. The molecule has 6 nitrogen and oxygen atoms in total. The van der Waals surface area contributed by atoms with E-state index in [4.69, 9.17) is 9.15 Å². The fraction of sp³-hybridized carbons (Fsp3) is 0.160. The van der Waals surface area contributed by atoms with E-state index >= 15 is 0 Å². The van der Waals surface area contributed by atoms with E-state index in [1.165, 1.54) is 28.0 Å². The molecule has 0 aliphatic carbocycles. The Morgan fingerprint density at radius 2 is 1.82 bits per heavy atom. The van der Waals surface area contributed by atoms with Crippen LogP contribution in [0.15, 0.2) is 69.9 Å². The molecule has 0 aliphatic rings. The summed E-state index contributed by atoms with van der Waals surface area (Å²) in [6.45, 7) is 2.81. The molecule has 5 rings (SSSR count). The molecule has 0 fully saturated rings. The van der Waals surface area contributed by atoms with E-state index in [1.807, 2.05) is 24.3 Å². The molecule has 0 saturated carbocycles. The largest absolute Gasteiger partial charge is 0.494 e. The minimum atomic E-state index is -0.307. The fourth-order valence-corrected chi connectivity index (χ4v) is 4.21. The zero-order chi connectivity index (χ0) is 22.8. The molecule has 0 bridgehead atoms. The van der Waals surface area contributed by atoms with Gasteiger partial charge < -0.3 is 9.15 Å². The molecular formula is C25H20FN3O3S. The minimum absolute atomic E-state index is 0.256. The summed E-state index contributed by atoms with van der Waals surface area (Å²) < 4.78 is 26.4. The molecule has 33 heavy (non-hydrogen) atoms. The first kappa shape index (κ1) is 21.1. The third-order valence-corrected chi connectivity index (χ3v) is 6.05. The van der Waals surface area contributed by atoms with Crippen molar-refractivity contribution in [3.05, 3.63) is 87.1 Å². The number of rotatable bonds is 7. The van der Waals surface area contributed by atoms with Crippen molar-refractivity contribution < 1.29 is 13.5 Å². The number of halogens is 1. The molecule has 0 unspecified atom stereocenters. The predicted octanol–water partition coefficient (Wildman–Crippen LogP) is 4.94. The number of fused-ring (bicyclic) bond motifs is 1. The van der Waals surface area contributed by atoms with Gasteiger partial charge in [0.25, 0.3) is 5.56 Å². The molecule has 0 aliphatic heterocycles. The molecular weight excluding hydrogens is 441 g/mol. The standard InChI is InChI=1S/C25H20FN3O3S/c1-2-3-14-31-19-10-6-17(7-11-19)23-27-25-29(28-23)24(30)22(33-25)15-20-12-13-21(32-20)16-4-8-18(26)9-5-16/h4-13,15H,2-3,14H2,1H3. The van der Waals surface area contributed by atoms with Crippen LogP contribution in [0.2, 0.25) is 0 Å². The monoisotopic (exact) mass is 461 g/mol. The Balaban J connectivity index is 1.39. The van der Waals surface area contributed by atoms with E-state index in [1.54, 1.807) is 30.3 Å². The van der Waals surface area contributed by atoms with Crippen molar-refractivity contribution in [3.8, 4) is 28.5 Å². The van der Waals surface area contributed by atoms with Crippen LogP contribution >= 0.6 is 11.3 Å². The number of hydrogen-bond acceptors (Lipinski definition) is 6. The average molecular weight is 462 g/mol. The van der Waals surface area contributed by atoms with Crippen molar-refractivity contribution in [3.63, 3.8) is 0 Å². The van der Waals surface area contributed by atoms with Gasteiger partial charge in [-0.25, -0.2) is 4.39 Å². The number of aromatic nitrogens is 3. The number of unbranched alkanes of at least 4 members (excludes halogenated alkanes) is 1. The molecule has 0 saturated heterocycles. The normalized spacial score (nSPS) is 12.0. The third-order valence-electron chi connectivity index (χ3n) is 5.09. The highest BCUT2D eigenvalue weighted by Gasteiger charge is 2.13. The van der Waals surface area contributed by atoms with E-state index < -0.39 is 0 Å². The molecule has 0 radical (unpaired) electrons. The van der Waals surface area contributed by atoms with Gasteiger partial charge in [-0.15, -0.1) is 5.10 Å². The fourth-order valence-electron chi connectivity index (χ4n) is 3.32. The van der Waals surface area contributed by atoms with Crippen LogP contribution in [0.1, 0.15) is 25.5 Å². The summed E-state index contributed by atoms with van der Waals surface area (Å²) >= 11 is 1.25. The topological polar surface area (TPSA) is 69.6 Å². The lowest BCUT2D eigenvalue weighted by atomic mass is 10.2. The molecule has 3 aromatic heterocycles. The van der Waals surface area contributed by atoms with Gasteiger partial charge in [-0.1, -0.05) is 24.7 Å². The Morgan fingerprint density at radius 1 is 1.06 bits per heavy atom. The van der Waals surface area contributed by atoms with Crippen molar-refractivity contribution in [2.45, 2.75) is 19.8 Å². The molecule has 5 aromatic rings. The zero-order valence-corrected chi connectivity index (χ0v) is 18.6. The molecule has 2 aromatic carbocycles. The van der Waals surface area contributed by atoms with E-state index in [-0.39, 0.29) is 11.4 Å². The Bertz CT molecular complexity index is 1500. The van der Waals surface area contributed by atoms with E-state index in [0.717, 1.165) is 29.7 Å². The van der Waals surface area contributed by atoms with Crippen LogP contribution in [0, 0.1) is 5.82 Å². The van der Waals surface area contributed by atoms with Crippen molar-refractivity contribution in [2.24, 2.45) is 0 Å². The van der Waals surface area contributed by atoms with Gasteiger partial charge in [0.15, 0.2) is 5.82 Å². The second-order valence-electron chi connectivity index (χ2n) is 7.48. The molecule has 8 heteroatoms. The summed E-state index contributed by atoms with van der Waals surface area (Å²) in [5, 5.41) is 4.39. The lowest BCUT2D eigenvalue weighted by Crippen LogP contribution is -2.23. The van der Waals surface area contributed by atoms with Crippen molar-refractivity contribution in [1.29, 1.82) is 0 Å². The Hall–Kier alpha value is -3.78. The molecule has 0 atom stereocenters. The average Bonchev–Trinajstić information content (AvgIpc) is 3.53. The zero-order valence-electron chi connectivity index (χ0n) is 17.8. The van der Waals surface area contributed by atoms with Gasteiger partial charge in [0, 0.05) is 17.2 Å². The summed E-state index contributed by atoms with van der Waals surface area (Å²) in [4.78, 5) is 17.9. The summed E-state index contributed by atoms with van der Waals surface area (Å²) in [5.41, 5.74) is 1.31. The SMILES string of the molecule is CCCCOc1ccc(-c2nc3sc(=Cc4ccc(-c5ccc(F)cc5)o4)c(=O)n3n2)cc1. The maximum absolute atomic E-state index is 13.1. The molecule has 0 spiro atoms. The first-order chi connectivity index (χ1) is 16.1. The van der Waals surface area contributed by atoms with E-state index in [9.17, 15) is 9.18 Å². The van der Waals surface area contributed by atoms with Crippen LogP contribution < -0.4 is 14.8 Å². The minimum Gasteiger partial charge on any atom is -0.494 e. The van der Waals surface area contributed by atoms with Gasteiger partial charge in [0.05, 0.1) is 6.61 Å². The maximum Gasteiger partial charge on any atom is 0.291 e. The van der Waals surface area contributed by atoms with Gasteiger partial charge >= 0.3 is 0 Å². The summed E-state index contributed by atoms with van der Waals surface area (Å²) in [5.74, 6) is 2.10. The number of ether oxygens (including phenoxy) is 1. The summed E-state index contributed by atoms with van der Waals surface area (Å²) in [6.07, 6.45) is 3.76. The van der Waals surface area contributed by atoms with Crippen LogP contribution in [0.25, 0.3) is 33.7 Å². The highest BCUT2D eigenvalue weighted by atomic mass is 32.1. The van der Waals surface area contributed by atoms with E-state index in [2.05, 4.69) is 17.0 Å². The second kappa shape index (κ2) is 8.99. The Kier molecular flexibility index (Phi) is 5.75. The van der Waals surface area contributed by atoms with E-state index in [0.29, 0.717) is 33.4 Å². The first-order valence-electron chi connectivity index (χ1n) is 10.6. The van der Waals surface area contributed by atoms with Gasteiger partial charge in [-0.05, 0) is 67.1 Å². The maximum atomic E-state index is 13.1. The Labute approximate surface area is 192 Å². The second-order valence-corrected chi connectivity index (χ2v) is 8.49. The summed E-state index contributed by atoms with van der Waals surface area (Å²) in [6, 6.07) is 17.1. The number of benzene rings is 2. The highest BCUT2D eigenvalue weighted by Crippen LogP contribution is 2.23. The number of hydrogen-bond donors (Lipinski definition) is 0. The molecule has 166 valence electrons. The molecule has 3 heterocycles. The smallest absolute Gasteiger partial charge is 0.291 e. The number of furan rings is 1. The van der Waals surface area contributed by atoms with Gasteiger partial charge in [-0.2, -0.15) is 9.50 Å². The Morgan fingerprint density at radius 3 is 2.55 bits per heavy atom. The molecule has 0 amide bonds. The van der Waals surface area contributed by atoms with Gasteiger partial charge in [0.1, 0.15) is 27.6 Å². The lowest BCUT2D eigenvalue weighted by Gasteiger charge is -2.05.